The molecule has 0 saturated heterocycles. The standard InChI is InChI=1S/C14H20FN5/c1-14(2,3)16-10-13-17-18-19-20(13)8-7-11-5-4-6-12(15)9-11/h4-6,9,16H,7-8,10H2,1-3H3. The predicted octanol–water partition coefficient (Wildman–Crippen LogP) is 1.94. The van der Waals surface area contributed by atoms with E-state index in [1.54, 1.807) is 10.7 Å². The molecule has 0 atom stereocenters. The van der Waals surface area contributed by atoms with Crippen LogP contribution in [0.4, 0.5) is 4.39 Å². The number of nitrogens with zero attached hydrogens (tertiary/aromatic N) is 4. The Kier molecular flexibility index (Phi) is 4.44. The number of aryl methyl sites for hydroxylation is 2. The second-order valence-electron chi connectivity index (χ2n) is 5.80. The minimum Gasteiger partial charge on any atom is -0.305 e. The molecule has 0 aliphatic rings. The molecule has 0 bridgehead atoms. The van der Waals surface area contributed by atoms with E-state index in [2.05, 4.69) is 41.6 Å². The Labute approximate surface area is 118 Å². The summed E-state index contributed by atoms with van der Waals surface area (Å²) < 4.78 is 14.9. The van der Waals surface area contributed by atoms with Crippen molar-refractivity contribution in [1.82, 2.24) is 25.5 Å². The lowest BCUT2D eigenvalue weighted by Gasteiger charge is -2.19. The average molecular weight is 277 g/mol. The highest BCUT2D eigenvalue weighted by atomic mass is 19.1. The molecular weight excluding hydrogens is 257 g/mol. The van der Waals surface area contributed by atoms with Crippen molar-refractivity contribution in [3.63, 3.8) is 0 Å². The van der Waals surface area contributed by atoms with E-state index >= 15 is 0 Å². The van der Waals surface area contributed by atoms with Crippen LogP contribution in [0, 0.1) is 5.82 Å². The molecule has 0 unspecified atom stereocenters. The van der Waals surface area contributed by atoms with Gasteiger partial charge >= 0.3 is 0 Å². The zero-order valence-corrected chi connectivity index (χ0v) is 12.1. The molecule has 0 aliphatic heterocycles. The number of hydrogen-bond donors (Lipinski definition) is 1. The highest BCUT2D eigenvalue weighted by molar-refractivity contribution is 5.16. The first-order valence-electron chi connectivity index (χ1n) is 6.68. The molecule has 0 radical (unpaired) electrons. The number of tetrazole rings is 1. The third kappa shape index (κ3) is 4.38. The van der Waals surface area contributed by atoms with Crippen LogP contribution in [0.1, 0.15) is 32.2 Å². The van der Waals surface area contributed by atoms with Gasteiger partial charge in [0.15, 0.2) is 5.82 Å². The van der Waals surface area contributed by atoms with Gasteiger partial charge in [0, 0.05) is 12.1 Å². The second kappa shape index (κ2) is 6.09. The highest BCUT2D eigenvalue weighted by Crippen LogP contribution is 2.06. The molecule has 0 spiro atoms. The topological polar surface area (TPSA) is 55.6 Å². The van der Waals surface area contributed by atoms with Gasteiger partial charge in [0.2, 0.25) is 0 Å². The van der Waals surface area contributed by atoms with Crippen molar-refractivity contribution < 1.29 is 4.39 Å². The maximum atomic E-state index is 13.1. The molecule has 0 aliphatic carbocycles. The number of benzene rings is 1. The first-order chi connectivity index (χ1) is 9.44. The summed E-state index contributed by atoms with van der Waals surface area (Å²) in [6.07, 6.45) is 0.700. The first kappa shape index (κ1) is 14.6. The SMILES string of the molecule is CC(C)(C)NCc1nnnn1CCc1cccc(F)c1. The Morgan fingerprint density at radius 2 is 2.10 bits per heavy atom. The van der Waals surface area contributed by atoms with Crippen molar-refractivity contribution in [2.45, 2.75) is 45.8 Å². The van der Waals surface area contributed by atoms with Crippen LogP contribution in [0.5, 0.6) is 0 Å². The summed E-state index contributed by atoms with van der Waals surface area (Å²) in [7, 11) is 0. The summed E-state index contributed by atoms with van der Waals surface area (Å²) in [6.45, 7) is 7.52. The molecule has 2 aromatic rings. The minimum absolute atomic E-state index is 0.0132. The summed E-state index contributed by atoms with van der Waals surface area (Å²) >= 11 is 0. The van der Waals surface area contributed by atoms with Crippen LogP contribution < -0.4 is 5.32 Å². The summed E-state index contributed by atoms with van der Waals surface area (Å²) in [6, 6.07) is 6.60. The van der Waals surface area contributed by atoms with Crippen molar-refractivity contribution >= 4 is 0 Å². The molecule has 6 heteroatoms. The van der Waals surface area contributed by atoms with Gasteiger partial charge in [-0.2, -0.15) is 0 Å². The van der Waals surface area contributed by atoms with Crippen molar-refractivity contribution in [3.05, 3.63) is 41.5 Å². The molecule has 1 N–H and O–H groups in total. The lowest BCUT2D eigenvalue weighted by Crippen LogP contribution is -2.36. The lowest BCUT2D eigenvalue weighted by atomic mass is 10.1. The molecule has 0 fully saturated rings. The van der Waals surface area contributed by atoms with Crippen LogP contribution in [-0.4, -0.2) is 25.7 Å². The van der Waals surface area contributed by atoms with Crippen LogP contribution in [0.3, 0.4) is 0 Å². The summed E-state index contributed by atoms with van der Waals surface area (Å²) in [5.74, 6) is 0.574. The maximum Gasteiger partial charge on any atom is 0.165 e. The van der Waals surface area contributed by atoms with E-state index < -0.39 is 0 Å². The summed E-state index contributed by atoms with van der Waals surface area (Å²) in [4.78, 5) is 0. The number of aromatic nitrogens is 4. The number of hydrogen-bond acceptors (Lipinski definition) is 4. The molecule has 1 heterocycles. The number of halogens is 1. The quantitative estimate of drug-likeness (QED) is 0.907. The molecule has 1 aromatic heterocycles. The Bertz CT molecular complexity index is 559. The van der Waals surface area contributed by atoms with Gasteiger partial charge < -0.3 is 5.32 Å². The van der Waals surface area contributed by atoms with Gasteiger partial charge in [-0.1, -0.05) is 12.1 Å². The van der Waals surface area contributed by atoms with Gasteiger partial charge in [-0.05, 0) is 55.3 Å². The van der Waals surface area contributed by atoms with Crippen LogP contribution in [0.25, 0.3) is 0 Å². The Hall–Kier alpha value is -1.82. The molecule has 20 heavy (non-hydrogen) atoms. The largest absolute Gasteiger partial charge is 0.305 e. The van der Waals surface area contributed by atoms with Gasteiger partial charge in [-0.3, -0.25) is 0 Å². The zero-order valence-electron chi connectivity index (χ0n) is 12.1. The molecule has 2 rings (SSSR count). The minimum atomic E-state index is -0.214. The molecule has 5 nitrogen and oxygen atoms in total. The lowest BCUT2D eigenvalue weighted by molar-refractivity contribution is 0.407. The normalized spacial score (nSPS) is 11.8. The van der Waals surface area contributed by atoms with E-state index in [0.717, 1.165) is 11.4 Å². The Morgan fingerprint density at radius 1 is 1.30 bits per heavy atom. The smallest absolute Gasteiger partial charge is 0.165 e. The Balaban J connectivity index is 1.95. The van der Waals surface area contributed by atoms with E-state index in [-0.39, 0.29) is 11.4 Å². The van der Waals surface area contributed by atoms with Gasteiger partial charge in [0.1, 0.15) is 5.82 Å². The third-order valence-corrected chi connectivity index (χ3v) is 2.88. The zero-order chi connectivity index (χ0) is 14.6. The van der Waals surface area contributed by atoms with Gasteiger partial charge in [0.05, 0.1) is 6.54 Å². The molecule has 0 saturated carbocycles. The molecule has 0 amide bonds. The van der Waals surface area contributed by atoms with E-state index in [1.807, 2.05) is 6.07 Å². The van der Waals surface area contributed by atoms with Crippen LogP contribution in [-0.2, 0) is 19.5 Å². The highest BCUT2D eigenvalue weighted by Gasteiger charge is 2.12. The van der Waals surface area contributed by atoms with Gasteiger partial charge in [-0.15, -0.1) is 5.10 Å². The third-order valence-electron chi connectivity index (χ3n) is 2.88. The van der Waals surface area contributed by atoms with Gasteiger partial charge in [-0.25, -0.2) is 9.07 Å². The Morgan fingerprint density at radius 3 is 2.80 bits per heavy atom. The average Bonchev–Trinajstić information content (AvgIpc) is 2.81. The van der Waals surface area contributed by atoms with Crippen molar-refractivity contribution in [1.29, 1.82) is 0 Å². The van der Waals surface area contributed by atoms with Crippen LogP contribution >= 0.6 is 0 Å². The summed E-state index contributed by atoms with van der Waals surface area (Å²) in [5.41, 5.74) is 0.953. The molecular formula is C14H20FN5. The number of nitrogens with one attached hydrogen (secondary N) is 1. The fourth-order valence-corrected chi connectivity index (χ4v) is 1.80. The first-order valence-corrected chi connectivity index (χ1v) is 6.68. The predicted molar refractivity (Wildman–Crippen MR) is 74.5 cm³/mol. The van der Waals surface area contributed by atoms with Crippen LogP contribution in [0.15, 0.2) is 24.3 Å². The van der Waals surface area contributed by atoms with Crippen molar-refractivity contribution in [2.75, 3.05) is 0 Å². The van der Waals surface area contributed by atoms with Crippen LogP contribution in [0.2, 0.25) is 0 Å². The fraction of sp³-hybridized carbons (Fsp3) is 0.500. The fourth-order valence-electron chi connectivity index (χ4n) is 1.80. The van der Waals surface area contributed by atoms with E-state index in [4.69, 9.17) is 0 Å². The second-order valence-corrected chi connectivity index (χ2v) is 5.80. The van der Waals surface area contributed by atoms with Gasteiger partial charge in [0.25, 0.3) is 0 Å². The number of rotatable bonds is 5. The van der Waals surface area contributed by atoms with Crippen molar-refractivity contribution in [3.8, 4) is 0 Å². The van der Waals surface area contributed by atoms with E-state index in [0.29, 0.717) is 19.5 Å². The monoisotopic (exact) mass is 277 g/mol. The maximum absolute atomic E-state index is 13.1. The summed E-state index contributed by atoms with van der Waals surface area (Å²) in [5, 5.41) is 15.0. The molecule has 1 aromatic carbocycles. The molecule has 108 valence electrons. The van der Waals surface area contributed by atoms with Crippen molar-refractivity contribution in [2.24, 2.45) is 0 Å². The van der Waals surface area contributed by atoms with E-state index in [9.17, 15) is 4.39 Å². The van der Waals surface area contributed by atoms with E-state index in [1.165, 1.54) is 12.1 Å².